The van der Waals surface area contributed by atoms with Crippen molar-refractivity contribution in [2.45, 2.75) is 25.8 Å². The number of unbranched alkanes of at least 4 members (excludes halogenated alkanes) is 1. The molecule has 3 nitrogen and oxygen atoms in total. The van der Waals surface area contributed by atoms with Crippen molar-refractivity contribution < 1.29 is 4.74 Å². The quantitative estimate of drug-likeness (QED) is 0.535. The van der Waals surface area contributed by atoms with Crippen LogP contribution in [0.15, 0.2) is 43.1 Å². The minimum atomic E-state index is 0.787. The van der Waals surface area contributed by atoms with E-state index >= 15 is 0 Å². The molecule has 0 fully saturated rings. The Labute approximate surface area is 127 Å². The summed E-state index contributed by atoms with van der Waals surface area (Å²) in [5.74, 6) is 0. The number of hydrogen-bond donors (Lipinski definition) is 1. The molecule has 0 spiro atoms. The Morgan fingerprint density at radius 2 is 2.10 bits per heavy atom. The van der Waals surface area contributed by atoms with Gasteiger partial charge in [0.15, 0.2) is 0 Å². The Kier molecular flexibility index (Phi) is 6.51. The van der Waals surface area contributed by atoms with Crippen LogP contribution in [0.3, 0.4) is 0 Å². The molecule has 0 amide bonds. The van der Waals surface area contributed by atoms with Gasteiger partial charge >= 0.3 is 0 Å². The van der Waals surface area contributed by atoms with Crippen molar-refractivity contribution in [2.24, 2.45) is 0 Å². The number of nitrogens with zero attached hydrogens (tertiary/aromatic N) is 1. The zero-order valence-corrected chi connectivity index (χ0v) is 13.0. The summed E-state index contributed by atoms with van der Waals surface area (Å²) in [7, 11) is 1.74. The van der Waals surface area contributed by atoms with Crippen LogP contribution in [-0.4, -0.2) is 31.4 Å². The van der Waals surface area contributed by atoms with E-state index in [2.05, 4.69) is 46.9 Å². The number of hydrogen-bond acceptors (Lipinski definition) is 2. The molecule has 114 valence electrons. The SMILES string of the molecule is C=CCn1cc(CCCCNCCOC)c2ccccc21. The monoisotopic (exact) mass is 286 g/mol. The van der Waals surface area contributed by atoms with Gasteiger partial charge in [-0.05, 0) is 37.4 Å². The van der Waals surface area contributed by atoms with E-state index in [1.165, 1.54) is 29.3 Å². The molecule has 0 aliphatic carbocycles. The smallest absolute Gasteiger partial charge is 0.0587 e. The Bertz CT molecular complexity index is 559. The topological polar surface area (TPSA) is 26.2 Å². The second-order valence-electron chi connectivity index (χ2n) is 5.31. The number of ether oxygens (including phenoxy) is 1. The number of aryl methyl sites for hydroxylation is 1. The minimum absolute atomic E-state index is 0.787. The van der Waals surface area contributed by atoms with Crippen molar-refractivity contribution in [3.8, 4) is 0 Å². The Morgan fingerprint density at radius 1 is 1.24 bits per heavy atom. The lowest BCUT2D eigenvalue weighted by Gasteiger charge is -2.03. The molecule has 1 aromatic heterocycles. The summed E-state index contributed by atoms with van der Waals surface area (Å²) in [5, 5.41) is 4.77. The fraction of sp³-hybridized carbons (Fsp3) is 0.444. The number of fused-ring (bicyclic) bond motifs is 1. The average molecular weight is 286 g/mol. The molecule has 0 saturated heterocycles. The first-order valence-electron chi connectivity index (χ1n) is 7.74. The van der Waals surface area contributed by atoms with Crippen LogP contribution in [0.25, 0.3) is 10.9 Å². The third-order valence-electron chi connectivity index (χ3n) is 3.73. The zero-order valence-electron chi connectivity index (χ0n) is 13.0. The third kappa shape index (κ3) is 4.45. The van der Waals surface area contributed by atoms with E-state index in [-0.39, 0.29) is 0 Å². The maximum absolute atomic E-state index is 5.02. The second kappa shape index (κ2) is 8.65. The molecule has 0 saturated carbocycles. The van der Waals surface area contributed by atoms with Gasteiger partial charge in [-0.1, -0.05) is 24.3 Å². The van der Waals surface area contributed by atoms with Crippen LogP contribution >= 0.6 is 0 Å². The second-order valence-corrected chi connectivity index (χ2v) is 5.31. The minimum Gasteiger partial charge on any atom is -0.383 e. The van der Waals surface area contributed by atoms with Crippen LogP contribution in [0.2, 0.25) is 0 Å². The first kappa shape index (κ1) is 15.8. The van der Waals surface area contributed by atoms with Gasteiger partial charge in [0.25, 0.3) is 0 Å². The molecule has 0 unspecified atom stereocenters. The molecule has 1 aromatic carbocycles. The highest BCUT2D eigenvalue weighted by Crippen LogP contribution is 2.22. The van der Waals surface area contributed by atoms with E-state index < -0.39 is 0 Å². The van der Waals surface area contributed by atoms with E-state index in [4.69, 9.17) is 4.74 Å². The Balaban J connectivity index is 1.88. The largest absolute Gasteiger partial charge is 0.383 e. The lowest BCUT2D eigenvalue weighted by atomic mass is 10.1. The van der Waals surface area contributed by atoms with Crippen LogP contribution in [0.5, 0.6) is 0 Å². The first-order chi connectivity index (χ1) is 10.4. The maximum Gasteiger partial charge on any atom is 0.0587 e. The van der Waals surface area contributed by atoms with Crippen molar-refractivity contribution >= 4 is 10.9 Å². The number of aromatic nitrogens is 1. The van der Waals surface area contributed by atoms with Gasteiger partial charge in [-0.2, -0.15) is 0 Å². The molecule has 0 atom stereocenters. The van der Waals surface area contributed by atoms with Gasteiger partial charge in [-0.3, -0.25) is 0 Å². The van der Waals surface area contributed by atoms with Gasteiger partial charge in [0.1, 0.15) is 0 Å². The van der Waals surface area contributed by atoms with E-state index in [1.54, 1.807) is 7.11 Å². The summed E-state index contributed by atoms with van der Waals surface area (Å²) < 4.78 is 7.30. The summed E-state index contributed by atoms with van der Waals surface area (Å²) >= 11 is 0. The zero-order chi connectivity index (χ0) is 14.9. The average Bonchev–Trinajstić information content (AvgIpc) is 2.85. The summed E-state index contributed by atoms with van der Waals surface area (Å²) in [5.41, 5.74) is 2.76. The molecule has 0 radical (unpaired) electrons. The highest BCUT2D eigenvalue weighted by Gasteiger charge is 2.06. The molecular formula is C18H26N2O. The van der Waals surface area contributed by atoms with Crippen LogP contribution in [0.1, 0.15) is 18.4 Å². The summed E-state index contributed by atoms with van der Waals surface area (Å²) in [4.78, 5) is 0. The maximum atomic E-state index is 5.02. The first-order valence-corrected chi connectivity index (χ1v) is 7.74. The molecule has 1 heterocycles. The van der Waals surface area contributed by atoms with Gasteiger partial charge in [0.05, 0.1) is 6.61 Å². The molecule has 3 heteroatoms. The molecule has 0 aliphatic rings. The van der Waals surface area contributed by atoms with Crippen LogP contribution in [0, 0.1) is 0 Å². The van der Waals surface area contributed by atoms with Crippen molar-refractivity contribution in [2.75, 3.05) is 26.8 Å². The van der Waals surface area contributed by atoms with Crippen LogP contribution in [0.4, 0.5) is 0 Å². The van der Waals surface area contributed by atoms with Crippen molar-refractivity contribution in [3.05, 3.63) is 48.7 Å². The lowest BCUT2D eigenvalue weighted by Crippen LogP contribution is -2.20. The number of benzene rings is 1. The van der Waals surface area contributed by atoms with Gasteiger partial charge in [-0.25, -0.2) is 0 Å². The van der Waals surface area contributed by atoms with Gasteiger partial charge < -0.3 is 14.6 Å². The van der Waals surface area contributed by atoms with Crippen molar-refractivity contribution in [3.63, 3.8) is 0 Å². The van der Waals surface area contributed by atoms with Gasteiger partial charge in [0.2, 0.25) is 0 Å². The summed E-state index contributed by atoms with van der Waals surface area (Å²) in [6.07, 6.45) is 7.78. The molecule has 2 aromatic rings. The number of allylic oxidation sites excluding steroid dienone is 1. The highest BCUT2D eigenvalue weighted by atomic mass is 16.5. The van der Waals surface area contributed by atoms with E-state index in [0.717, 1.165) is 32.7 Å². The third-order valence-corrected chi connectivity index (χ3v) is 3.73. The van der Waals surface area contributed by atoms with E-state index in [1.807, 2.05) is 6.08 Å². The Hall–Kier alpha value is -1.58. The van der Waals surface area contributed by atoms with Gasteiger partial charge in [0, 0.05) is 37.3 Å². The van der Waals surface area contributed by atoms with E-state index in [9.17, 15) is 0 Å². The summed E-state index contributed by atoms with van der Waals surface area (Å²) in [6.45, 7) is 7.51. The van der Waals surface area contributed by atoms with Crippen molar-refractivity contribution in [1.29, 1.82) is 0 Å². The number of para-hydroxylation sites is 1. The van der Waals surface area contributed by atoms with Crippen LogP contribution in [-0.2, 0) is 17.7 Å². The number of nitrogens with one attached hydrogen (secondary N) is 1. The normalized spacial score (nSPS) is 11.1. The Morgan fingerprint density at radius 3 is 2.90 bits per heavy atom. The molecule has 1 N–H and O–H groups in total. The fourth-order valence-electron chi connectivity index (χ4n) is 2.68. The van der Waals surface area contributed by atoms with Crippen molar-refractivity contribution in [1.82, 2.24) is 9.88 Å². The van der Waals surface area contributed by atoms with Gasteiger partial charge in [-0.15, -0.1) is 6.58 Å². The predicted octanol–water partition coefficient (Wildman–Crippen LogP) is 3.39. The standard InChI is InChI=1S/C18H26N2O/c1-3-13-20-15-16(17-9-4-5-10-18(17)20)8-6-7-11-19-12-14-21-2/h3-5,9-10,15,19H,1,6-8,11-14H2,2H3. The molecule has 0 aliphatic heterocycles. The highest BCUT2D eigenvalue weighted by molar-refractivity contribution is 5.84. The molecule has 21 heavy (non-hydrogen) atoms. The lowest BCUT2D eigenvalue weighted by molar-refractivity contribution is 0.199. The van der Waals surface area contributed by atoms with E-state index in [0.29, 0.717) is 0 Å². The predicted molar refractivity (Wildman–Crippen MR) is 89.8 cm³/mol. The number of methoxy groups -OCH3 is 1. The number of rotatable bonds is 10. The van der Waals surface area contributed by atoms with Crippen LogP contribution < -0.4 is 5.32 Å². The fourth-order valence-corrected chi connectivity index (χ4v) is 2.68. The molecular weight excluding hydrogens is 260 g/mol. The molecule has 0 bridgehead atoms. The molecule has 2 rings (SSSR count). The summed E-state index contributed by atoms with van der Waals surface area (Å²) in [6, 6.07) is 8.64.